The number of phenols is 2. The fourth-order valence-corrected chi connectivity index (χ4v) is 7.75. The lowest BCUT2D eigenvalue weighted by molar-refractivity contribution is -0.112. The molecular formula is C47H62N4O12. The van der Waals surface area contributed by atoms with Crippen molar-refractivity contribution >= 4 is 46.4 Å². The third-order valence-corrected chi connectivity index (χ3v) is 11.3. The number of methoxy groups -OCH3 is 2. The van der Waals surface area contributed by atoms with Crippen LogP contribution in [-0.4, -0.2) is 105 Å². The number of unbranched alkanes of at least 4 members (excludes halogenated alkanes) is 3. The molecule has 63 heavy (non-hydrogen) atoms. The molecule has 0 aliphatic carbocycles. The number of nitrogens with zero attached hydrogens (tertiary/aromatic N) is 2. The minimum absolute atomic E-state index is 0.000792. The summed E-state index contributed by atoms with van der Waals surface area (Å²) in [6.07, 6.45) is 7.33. The van der Waals surface area contributed by atoms with Gasteiger partial charge in [0.2, 0.25) is 0 Å². The standard InChI is InChI=1S/C47H62N4O12/c1-28-22-34-42(49-16-9-7-8-10-19-61-32-14-15-33-36(52)27-41(62-39(33)25-32)51-17-20-60-21-18-51)37(53)26-35(44(34)55)50-46(56)29(2)12-11-13-38(58-5)45(63-47(48)57)31(4)24-30(3)43(54)40(23-28)59-6/h11-16,24-28,30,38,40,43,45,53-55H,7-10,17-23H2,1-6H3,(H2,48,57)(H,50,56)/b13-11?,29-12+,31-24+,49-16?/t28-,30+,38+,40+,43-,45+/m1/s1. The third kappa shape index (κ3) is 13.2. The molecule has 0 spiro atoms. The van der Waals surface area contributed by atoms with E-state index in [-0.39, 0.29) is 46.2 Å². The van der Waals surface area contributed by atoms with Crippen molar-refractivity contribution in [3.05, 3.63) is 81.6 Å². The van der Waals surface area contributed by atoms with Gasteiger partial charge in [-0.15, -0.1) is 0 Å². The monoisotopic (exact) mass is 874 g/mol. The van der Waals surface area contributed by atoms with Crippen molar-refractivity contribution in [2.75, 3.05) is 57.3 Å². The Morgan fingerprint density at radius 2 is 1.81 bits per heavy atom. The summed E-state index contributed by atoms with van der Waals surface area (Å²) < 4.78 is 34.3. The van der Waals surface area contributed by atoms with E-state index >= 15 is 0 Å². The maximum absolute atomic E-state index is 13.3. The van der Waals surface area contributed by atoms with E-state index in [0.717, 1.165) is 19.3 Å². The van der Waals surface area contributed by atoms with Crippen LogP contribution in [0.25, 0.3) is 11.0 Å². The summed E-state index contributed by atoms with van der Waals surface area (Å²) >= 11 is 0. The second-order valence-corrected chi connectivity index (χ2v) is 16.2. The summed E-state index contributed by atoms with van der Waals surface area (Å²) in [5.41, 5.74) is 7.12. The molecule has 3 heterocycles. The number of phenolic OH excluding ortho intramolecular Hbond substituents is 2. The zero-order chi connectivity index (χ0) is 45.6. The Balaban J connectivity index is 1.28. The number of rotatable bonds is 12. The molecule has 0 radical (unpaired) electrons. The highest BCUT2D eigenvalue weighted by molar-refractivity contribution is 6.05. The van der Waals surface area contributed by atoms with Crippen LogP contribution in [0.5, 0.6) is 17.2 Å². The molecule has 0 saturated carbocycles. The largest absolute Gasteiger partial charge is 0.506 e. The zero-order valence-electron chi connectivity index (χ0n) is 37.0. The molecule has 0 unspecified atom stereocenters. The average molecular weight is 875 g/mol. The normalized spacial score (nSPS) is 24.7. The average Bonchev–Trinajstić information content (AvgIpc) is 3.26. The second kappa shape index (κ2) is 23.1. The predicted octanol–water partition coefficient (Wildman–Crippen LogP) is 6.84. The zero-order valence-corrected chi connectivity index (χ0v) is 37.0. The first-order valence-corrected chi connectivity index (χ1v) is 21.4. The highest BCUT2D eigenvalue weighted by Crippen LogP contribution is 2.44. The van der Waals surface area contributed by atoms with Crippen molar-refractivity contribution in [1.82, 2.24) is 0 Å². The predicted molar refractivity (Wildman–Crippen MR) is 241 cm³/mol. The van der Waals surface area contributed by atoms with Crippen molar-refractivity contribution in [2.24, 2.45) is 22.6 Å². The van der Waals surface area contributed by atoms with Crippen molar-refractivity contribution in [1.29, 1.82) is 0 Å². The highest BCUT2D eigenvalue weighted by Gasteiger charge is 2.30. The van der Waals surface area contributed by atoms with Gasteiger partial charge in [-0.1, -0.05) is 38.2 Å². The number of nitrogens with two attached hydrogens (primary N) is 1. The molecule has 2 aliphatic heterocycles. The number of aliphatic hydroxyl groups excluding tert-OH is 1. The van der Waals surface area contributed by atoms with E-state index in [1.54, 1.807) is 56.5 Å². The maximum atomic E-state index is 13.3. The van der Waals surface area contributed by atoms with E-state index in [2.05, 4.69) is 10.3 Å². The third-order valence-electron chi connectivity index (χ3n) is 11.3. The van der Waals surface area contributed by atoms with Gasteiger partial charge in [0, 0.05) is 68.8 Å². The van der Waals surface area contributed by atoms with Crippen LogP contribution in [0.4, 0.5) is 22.1 Å². The molecule has 3 aromatic rings. The lowest BCUT2D eigenvalue weighted by atomic mass is 9.87. The first kappa shape index (κ1) is 48.4. The number of ether oxygens (including phenoxy) is 5. The lowest BCUT2D eigenvalue weighted by Crippen LogP contribution is -2.37. The topological polar surface area (TPSA) is 225 Å². The van der Waals surface area contributed by atoms with Gasteiger partial charge in [-0.25, -0.2) is 4.79 Å². The van der Waals surface area contributed by atoms with Crippen LogP contribution in [0.2, 0.25) is 0 Å². The first-order chi connectivity index (χ1) is 30.2. The number of aliphatic imine (C=N–C) groups is 1. The molecule has 1 fully saturated rings. The molecule has 2 amide bonds. The van der Waals surface area contributed by atoms with Gasteiger partial charge in [0.1, 0.15) is 34.6 Å². The number of nitrogens with one attached hydrogen (secondary N) is 1. The van der Waals surface area contributed by atoms with E-state index in [1.165, 1.54) is 32.4 Å². The number of fused-ring (bicyclic) bond motifs is 3. The summed E-state index contributed by atoms with van der Waals surface area (Å²) in [5, 5.41) is 37.6. The summed E-state index contributed by atoms with van der Waals surface area (Å²) in [7, 11) is 2.95. The minimum Gasteiger partial charge on any atom is -0.506 e. The number of primary amides is 1. The maximum Gasteiger partial charge on any atom is 0.405 e. The van der Waals surface area contributed by atoms with Gasteiger partial charge in [-0.2, -0.15) is 0 Å². The summed E-state index contributed by atoms with van der Waals surface area (Å²) in [5.74, 6) is -0.558. The molecule has 2 aromatic carbocycles. The van der Waals surface area contributed by atoms with Crippen LogP contribution in [0.1, 0.15) is 65.4 Å². The highest BCUT2D eigenvalue weighted by atomic mass is 16.6. The molecule has 16 nitrogen and oxygen atoms in total. The van der Waals surface area contributed by atoms with E-state index in [4.69, 9.17) is 33.8 Å². The van der Waals surface area contributed by atoms with Crippen LogP contribution in [-0.2, 0) is 30.2 Å². The van der Waals surface area contributed by atoms with Gasteiger partial charge < -0.3 is 59.4 Å². The van der Waals surface area contributed by atoms with Gasteiger partial charge in [-0.3, -0.25) is 14.6 Å². The van der Waals surface area contributed by atoms with Crippen LogP contribution < -0.4 is 26.1 Å². The van der Waals surface area contributed by atoms with Gasteiger partial charge >= 0.3 is 6.09 Å². The molecule has 2 bridgehead atoms. The van der Waals surface area contributed by atoms with Gasteiger partial charge in [0.05, 0.1) is 43.1 Å². The van der Waals surface area contributed by atoms with Crippen LogP contribution in [0.3, 0.4) is 0 Å². The van der Waals surface area contributed by atoms with Crippen molar-refractivity contribution in [3.63, 3.8) is 0 Å². The number of amides is 2. The molecular weight excluding hydrogens is 813 g/mol. The van der Waals surface area contributed by atoms with Crippen LogP contribution in [0.15, 0.2) is 80.0 Å². The Morgan fingerprint density at radius 3 is 2.52 bits per heavy atom. The molecule has 2 aliphatic rings. The molecule has 6 N–H and O–H groups in total. The number of hydrogen-bond acceptors (Lipinski definition) is 14. The van der Waals surface area contributed by atoms with Gasteiger partial charge in [0.15, 0.2) is 17.4 Å². The summed E-state index contributed by atoms with van der Waals surface area (Å²) in [6.45, 7) is 9.98. The Kier molecular flexibility index (Phi) is 17.8. The second-order valence-electron chi connectivity index (χ2n) is 16.2. The molecule has 1 saturated heterocycles. The van der Waals surface area contributed by atoms with Crippen molar-refractivity contribution in [3.8, 4) is 17.2 Å². The Labute approximate surface area is 368 Å². The summed E-state index contributed by atoms with van der Waals surface area (Å²) in [4.78, 5) is 44.6. The summed E-state index contributed by atoms with van der Waals surface area (Å²) in [6, 6.07) is 8.01. The van der Waals surface area contributed by atoms with Crippen molar-refractivity contribution in [2.45, 2.75) is 90.6 Å². The van der Waals surface area contributed by atoms with Gasteiger partial charge in [-0.05, 0) is 76.0 Å². The number of aliphatic hydroxyl groups is 1. The number of carbonyl (C=O) groups excluding carboxylic acids is 2. The Hall–Kier alpha value is -5.68. The number of benzene rings is 2. The van der Waals surface area contributed by atoms with E-state index in [9.17, 15) is 29.7 Å². The number of morpholine rings is 1. The number of anilines is 2. The van der Waals surface area contributed by atoms with Gasteiger partial charge in [0.25, 0.3) is 5.91 Å². The number of carbonyl (C=O) groups is 2. The Morgan fingerprint density at radius 1 is 1.05 bits per heavy atom. The number of aromatic hydroxyl groups is 2. The van der Waals surface area contributed by atoms with Crippen LogP contribution >= 0.6 is 0 Å². The van der Waals surface area contributed by atoms with Crippen LogP contribution in [0, 0.1) is 11.8 Å². The molecule has 1 aromatic heterocycles. The number of allylic oxidation sites excluding steroid dienone is 2. The van der Waals surface area contributed by atoms with E-state index < -0.39 is 42.3 Å². The van der Waals surface area contributed by atoms with E-state index in [0.29, 0.717) is 79.5 Å². The van der Waals surface area contributed by atoms with E-state index in [1.807, 2.05) is 18.7 Å². The Bertz CT molecular complexity index is 2230. The smallest absolute Gasteiger partial charge is 0.405 e. The lowest BCUT2D eigenvalue weighted by Gasteiger charge is -2.29. The molecule has 16 heteroatoms. The minimum atomic E-state index is -1.00. The molecule has 6 atom stereocenters. The quantitative estimate of drug-likeness (QED) is 0.0414. The first-order valence-electron chi connectivity index (χ1n) is 21.4. The fraction of sp³-hybridized carbons (Fsp3) is 0.489. The fourth-order valence-electron chi connectivity index (χ4n) is 7.75. The molecule has 342 valence electrons. The molecule has 5 rings (SSSR count). The number of hydrogen-bond donors (Lipinski definition) is 5. The SMILES string of the molecule is CO[C@H]1C=C/C=C(\C)C(=O)Nc2cc(O)c(N=CCCCCCOc3ccc4c(=O)cc(N5CCOCC5)oc4c3)c(c2O)C[C@@H](C)C[C@H](OC)[C@H](O)[C@@H](C)/C=C(\C)[C@@H]1OC(N)=O. The van der Waals surface area contributed by atoms with Crippen molar-refractivity contribution < 1.29 is 53.0 Å².